The van der Waals surface area contributed by atoms with Gasteiger partial charge in [0, 0.05) is 18.7 Å². The molecule has 1 atom stereocenters. The zero-order valence-corrected chi connectivity index (χ0v) is 13.9. The smallest absolute Gasteiger partial charge is 0.134 e. The topological polar surface area (TPSA) is 30.5 Å². The monoisotopic (exact) mass is 349 g/mol. The van der Waals surface area contributed by atoms with Gasteiger partial charge in [0.25, 0.3) is 0 Å². The third-order valence-corrected chi connectivity index (χ3v) is 3.32. The van der Waals surface area contributed by atoms with Crippen molar-refractivity contribution in [1.29, 1.82) is 0 Å². The Morgan fingerprint density at radius 3 is 2.63 bits per heavy atom. The molecule has 3 nitrogen and oxygen atoms in total. The Balaban J connectivity index is 2.56. The molecule has 108 valence electrons. The van der Waals surface area contributed by atoms with E-state index >= 15 is 0 Å². The maximum Gasteiger partial charge on any atom is 0.134 e. The summed E-state index contributed by atoms with van der Waals surface area (Å²) >= 11 is 9.36. The number of nitrogens with one attached hydrogen (secondary N) is 1. The van der Waals surface area contributed by atoms with Crippen LogP contribution in [-0.4, -0.2) is 32.9 Å². The van der Waals surface area contributed by atoms with E-state index in [1.165, 1.54) is 0 Å². The molecule has 0 fully saturated rings. The number of hydrogen-bond donors (Lipinski definition) is 1. The van der Waals surface area contributed by atoms with Crippen LogP contribution < -0.4 is 10.1 Å². The Morgan fingerprint density at radius 1 is 1.32 bits per heavy atom. The molecule has 0 saturated heterocycles. The van der Waals surface area contributed by atoms with Crippen LogP contribution in [0.15, 0.2) is 22.7 Å². The van der Waals surface area contributed by atoms with Crippen LogP contribution in [0.25, 0.3) is 0 Å². The summed E-state index contributed by atoms with van der Waals surface area (Å²) in [6.07, 6.45) is -0.0266. The third kappa shape index (κ3) is 6.61. The number of halogens is 2. The number of ether oxygens (including phenoxy) is 2. The van der Waals surface area contributed by atoms with Gasteiger partial charge in [-0.2, -0.15) is 0 Å². The lowest BCUT2D eigenvalue weighted by atomic mass is 10.2. The minimum absolute atomic E-state index is 0.0266. The first kappa shape index (κ1) is 16.8. The maximum atomic E-state index is 5.93. The van der Waals surface area contributed by atoms with E-state index in [2.05, 4.69) is 35.1 Å². The van der Waals surface area contributed by atoms with Gasteiger partial charge in [0.1, 0.15) is 11.9 Å². The molecule has 0 spiro atoms. The van der Waals surface area contributed by atoms with Crippen molar-refractivity contribution in [3.63, 3.8) is 0 Å². The first-order valence-electron chi connectivity index (χ1n) is 6.34. The molecule has 1 N–H and O–H groups in total. The summed E-state index contributed by atoms with van der Waals surface area (Å²) in [5.74, 6) is 1.39. The molecule has 0 aliphatic rings. The van der Waals surface area contributed by atoms with Gasteiger partial charge in [-0.15, -0.1) is 0 Å². The van der Waals surface area contributed by atoms with Crippen LogP contribution in [0.4, 0.5) is 0 Å². The highest BCUT2D eigenvalue weighted by atomic mass is 79.9. The number of methoxy groups -OCH3 is 1. The van der Waals surface area contributed by atoms with Crippen LogP contribution in [0.2, 0.25) is 5.02 Å². The fourth-order valence-corrected chi connectivity index (χ4v) is 2.38. The van der Waals surface area contributed by atoms with Crippen LogP contribution in [0.1, 0.15) is 13.8 Å². The number of benzene rings is 1. The van der Waals surface area contributed by atoms with Crippen LogP contribution in [0.3, 0.4) is 0 Å². The summed E-state index contributed by atoms with van der Waals surface area (Å²) in [6.45, 7) is 6.61. The van der Waals surface area contributed by atoms with Crippen LogP contribution >= 0.6 is 27.5 Å². The third-order valence-electron chi connectivity index (χ3n) is 2.46. The predicted octanol–water partition coefficient (Wildman–Crippen LogP) is 3.74. The molecule has 1 aromatic rings. The SMILES string of the molecule is COCC(CNCC(C)C)Oc1ccc(Cl)cc1Br. The second-order valence-corrected chi connectivity index (χ2v) is 6.11. The van der Waals surface area contributed by atoms with Gasteiger partial charge in [-0.05, 0) is 46.6 Å². The van der Waals surface area contributed by atoms with Crippen molar-refractivity contribution < 1.29 is 9.47 Å². The van der Waals surface area contributed by atoms with E-state index in [0.717, 1.165) is 23.3 Å². The molecule has 1 rings (SSSR count). The van der Waals surface area contributed by atoms with Gasteiger partial charge in [-0.1, -0.05) is 25.4 Å². The van der Waals surface area contributed by atoms with Crippen molar-refractivity contribution in [2.24, 2.45) is 5.92 Å². The fourth-order valence-electron chi connectivity index (χ4n) is 1.60. The highest BCUT2D eigenvalue weighted by molar-refractivity contribution is 9.10. The molecule has 0 bridgehead atoms. The van der Waals surface area contributed by atoms with E-state index in [4.69, 9.17) is 21.1 Å². The Labute approximate surface area is 128 Å². The molecule has 0 amide bonds. The molecule has 0 aliphatic heterocycles. The van der Waals surface area contributed by atoms with Gasteiger partial charge >= 0.3 is 0 Å². The zero-order valence-electron chi connectivity index (χ0n) is 11.6. The lowest BCUT2D eigenvalue weighted by molar-refractivity contribution is 0.0797. The second-order valence-electron chi connectivity index (χ2n) is 4.82. The van der Waals surface area contributed by atoms with Gasteiger partial charge in [-0.25, -0.2) is 0 Å². The molecule has 1 unspecified atom stereocenters. The van der Waals surface area contributed by atoms with Gasteiger partial charge < -0.3 is 14.8 Å². The standard InChI is InChI=1S/C14H21BrClNO2/c1-10(2)7-17-8-12(9-18-3)19-14-5-4-11(16)6-13(14)15/h4-6,10,12,17H,7-9H2,1-3H3. The van der Waals surface area contributed by atoms with E-state index in [0.29, 0.717) is 17.5 Å². The lowest BCUT2D eigenvalue weighted by Crippen LogP contribution is -2.36. The van der Waals surface area contributed by atoms with Gasteiger partial charge in [-0.3, -0.25) is 0 Å². The van der Waals surface area contributed by atoms with Crippen molar-refractivity contribution in [3.8, 4) is 5.75 Å². The fraction of sp³-hybridized carbons (Fsp3) is 0.571. The van der Waals surface area contributed by atoms with Crippen molar-refractivity contribution in [3.05, 3.63) is 27.7 Å². The van der Waals surface area contributed by atoms with Gasteiger partial charge in [0.2, 0.25) is 0 Å². The Morgan fingerprint density at radius 2 is 2.05 bits per heavy atom. The molecule has 0 saturated carbocycles. The predicted molar refractivity (Wildman–Crippen MR) is 83.2 cm³/mol. The normalized spacial score (nSPS) is 12.7. The highest BCUT2D eigenvalue weighted by Crippen LogP contribution is 2.28. The van der Waals surface area contributed by atoms with Crippen LogP contribution in [0, 0.1) is 5.92 Å². The summed E-state index contributed by atoms with van der Waals surface area (Å²) in [5, 5.41) is 4.06. The molecule has 0 aliphatic carbocycles. The van der Waals surface area contributed by atoms with E-state index in [1.807, 2.05) is 18.2 Å². The molecule has 0 radical (unpaired) electrons. The molecule has 0 aromatic heterocycles. The molecule has 5 heteroatoms. The average Bonchev–Trinajstić information content (AvgIpc) is 2.32. The summed E-state index contributed by atoms with van der Waals surface area (Å²) in [5.41, 5.74) is 0. The van der Waals surface area contributed by atoms with Crippen LogP contribution in [-0.2, 0) is 4.74 Å². The summed E-state index contributed by atoms with van der Waals surface area (Å²) in [4.78, 5) is 0. The van der Waals surface area contributed by atoms with Crippen molar-refractivity contribution in [2.45, 2.75) is 20.0 Å². The van der Waals surface area contributed by atoms with E-state index in [9.17, 15) is 0 Å². The van der Waals surface area contributed by atoms with Crippen LogP contribution in [0.5, 0.6) is 5.75 Å². The van der Waals surface area contributed by atoms with E-state index < -0.39 is 0 Å². The lowest BCUT2D eigenvalue weighted by Gasteiger charge is -2.20. The highest BCUT2D eigenvalue weighted by Gasteiger charge is 2.12. The minimum Gasteiger partial charge on any atom is -0.486 e. The van der Waals surface area contributed by atoms with E-state index in [1.54, 1.807) is 7.11 Å². The molecular weight excluding hydrogens is 330 g/mol. The summed E-state index contributed by atoms with van der Waals surface area (Å²) in [6, 6.07) is 5.49. The van der Waals surface area contributed by atoms with Crippen molar-refractivity contribution in [1.82, 2.24) is 5.32 Å². The van der Waals surface area contributed by atoms with Gasteiger partial charge in [0.15, 0.2) is 0 Å². The Kier molecular flexibility index (Phi) is 7.76. The second kappa shape index (κ2) is 8.80. The quantitative estimate of drug-likeness (QED) is 0.774. The molecule has 1 aromatic carbocycles. The molecule has 0 heterocycles. The Hall–Kier alpha value is -0.290. The zero-order chi connectivity index (χ0) is 14.3. The maximum absolute atomic E-state index is 5.93. The Bertz CT molecular complexity index is 388. The number of rotatable bonds is 8. The van der Waals surface area contributed by atoms with Gasteiger partial charge in [0.05, 0.1) is 11.1 Å². The average molecular weight is 351 g/mol. The first-order valence-corrected chi connectivity index (χ1v) is 7.51. The molecular formula is C14H21BrClNO2. The molecule has 19 heavy (non-hydrogen) atoms. The summed E-state index contributed by atoms with van der Waals surface area (Å²) in [7, 11) is 1.68. The summed E-state index contributed by atoms with van der Waals surface area (Å²) < 4.78 is 12.0. The number of hydrogen-bond acceptors (Lipinski definition) is 3. The largest absolute Gasteiger partial charge is 0.486 e. The minimum atomic E-state index is -0.0266. The van der Waals surface area contributed by atoms with Crippen molar-refractivity contribution in [2.75, 3.05) is 26.8 Å². The van der Waals surface area contributed by atoms with Crippen molar-refractivity contribution >= 4 is 27.5 Å². The van der Waals surface area contributed by atoms with E-state index in [-0.39, 0.29) is 6.10 Å². The first-order chi connectivity index (χ1) is 9.02.